The zero-order valence-corrected chi connectivity index (χ0v) is 13.0. The first kappa shape index (κ1) is 17.0. The Kier molecular flexibility index (Phi) is 7.03. The van der Waals surface area contributed by atoms with Crippen LogP contribution >= 0.6 is 12.4 Å². The van der Waals surface area contributed by atoms with Crippen LogP contribution in [0.25, 0.3) is 0 Å². The third-order valence-electron chi connectivity index (χ3n) is 3.87. The number of carbonyl (C=O) groups is 1. The second-order valence-corrected chi connectivity index (χ2v) is 5.19. The maximum absolute atomic E-state index is 11.9. The number of halogens is 1. The monoisotopic (exact) mass is 297 g/mol. The molecule has 0 amide bonds. The molecular weight excluding hydrogens is 274 g/mol. The Morgan fingerprint density at radius 3 is 2.70 bits per heavy atom. The second kappa shape index (κ2) is 8.28. The fourth-order valence-corrected chi connectivity index (χ4v) is 2.85. The van der Waals surface area contributed by atoms with Crippen LogP contribution in [0.4, 0.5) is 0 Å². The second-order valence-electron chi connectivity index (χ2n) is 5.19. The van der Waals surface area contributed by atoms with Crippen molar-refractivity contribution in [3.8, 4) is 0 Å². The molecule has 1 aromatic carbocycles. The molecular formula is C16H24ClNO2. The lowest BCUT2D eigenvalue weighted by Gasteiger charge is -2.24. The molecule has 2 unspecified atom stereocenters. The van der Waals surface area contributed by atoms with Crippen LogP contribution in [0.5, 0.6) is 0 Å². The molecule has 0 aromatic heterocycles. The van der Waals surface area contributed by atoms with E-state index in [1.54, 1.807) is 0 Å². The Morgan fingerprint density at radius 1 is 1.35 bits per heavy atom. The number of esters is 1. The van der Waals surface area contributed by atoms with E-state index in [2.05, 4.69) is 24.4 Å². The van der Waals surface area contributed by atoms with Crippen molar-refractivity contribution in [3.63, 3.8) is 0 Å². The van der Waals surface area contributed by atoms with Crippen molar-refractivity contribution in [2.24, 2.45) is 5.92 Å². The third-order valence-corrected chi connectivity index (χ3v) is 3.87. The smallest absolute Gasteiger partial charge is 0.310 e. The predicted molar refractivity (Wildman–Crippen MR) is 83.0 cm³/mol. The zero-order valence-electron chi connectivity index (χ0n) is 12.2. The fourth-order valence-electron chi connectivity index (χ4n) is 2.85. The molecule has 0 aliphatic heterocycles. The normalized spacial score (nSPS) is 22.9. The summed E-state index contributed by atoms with van der Waals surface area (Å²) in [7, 11) is 0. The van der Waals surface area contributed by atoms with Crippen molar-refractivity contribution < 1.29 is 9.53 Å². The van der Waals surface area contributed by atoms with Gasteiger partial charge in [0.1, 0.15) is 0 Å². The molecule has 1 aliphatic rings. The zero-order chi connectivity index (χ0) is 13.7. The van der Waals surface area contributed by atoms with Crippen LogP contribution < -0.4 is 5.32 Å². The summed E-state index contributed by atoms with van der Waals surface area (Å²) in [6.45, 7) is 4.48. The Bertz CT molecular complexity index is 410. The van der Waals surface area contributed by atoms with E-state index >= 15 is 0 Å². The van der Waals surface area contributed by atoms with E-state index in [-0.39, 0.29) is 36.4 Å². The molecule has 112 valence electrons. The molecule has 0 radical (unpaired) electrons. The first-order chi connectivity index (χ1) is 9.22. The Hall–Kier alpha value is -1.06. The number of ether oxygens (including phenoxy) is 1. The van der Waals surface area contributed by atoms with Crippen LogP contribution in [0, 0.1) is 5.92 Å². The highest BCUT2D eigenvalue weighted by Gasteiger charge is 2.34. The number of hydrogen-bond acceptors (Lipinski definition) is 3. The third kappa shape index (κ3) is 4.22. The Labute approximate surface area is 127 Å². The van der Waals surface area contributed by atoms with Crippen molar-refractivity contribution in [3.05, 3.63) is 35.9 Å². The molecule has 0 bridgehead atoms. The van der Waals surface area contributed by atoms with Gasteiger partial charge in [0.05, 0.1) is 12.5 Å². The van der Waals surface area contributed by atoms with Gasteiger partial charge >= 0.3 is 5.97 Å². The van der Waals surface area contributed by atoms with Crippen molar-refractivity contribution in [1.82, 2.24) is 5.32 Å². The molecule has 20 heavy (non-hydrogen) atoms. The summed E-state index contributed by atoms with van der Waals surface area (Å²) < 4.78 is 5.16. The average molecular weight is 298 g/mol. The van der Waals surface area contributed by atoms with Gasteiger partial charge in [-0.25, -0.2) is 0 Å². The maximum atomic E-state index is 11.9. The van der Waals surface area contributed by atoms with E-state index in [0.717, 1.165) is 19.3 Å². The molecule has 2 rings (SSSR count). The Morgan fingerprint density at radius 2 is 2.05 bits per heavy atom. The lowest BCUT2D eigenvalue weighted by molar-refractivity contribution is -0.148. The number of hydrogen-bond donors (Lipinski definition) is 1. The summed E-state index contributed by atoms with van der Waals surface area (Å²) in [6, 6.07) is 10.9. The van der Waals surface area contributed by atoms with Gasteiger partial charge in [-0.15, -0.1) is 12.4 Å². The van der Waals surface area contributed by atoms with E-state index in [9.17, 15) is 4.79 Å². The molecule has 1 N–H and O–H groups in total. The largest absolute Gasteiger partial charge is 0.466 e. The summed E-state index contributed by atoms with van der Waals surface area (Å²) in [5.41, 5.74) is 1.26. The van der Waals surface area contributed by atoms with Gasteiger partial charge in [0.25, 0.3) is 0 Å². The average Bonchev–Trinajstić information content (AvgIpc) is 2.88. The molecule has 1 aliphatic carbocycles. The van der Waals surface area contributed by atoms with Gasteiger partial charge in [0.15, 0.2) is 0 Å². The number of benzene rings is 1. The first-order valence-corrected chi connectivity index (χ1v) is 7.20. The summed E-state index contributed by atoms with van der Waals surface area (Å²) in [5.74, 6) is -0.0242. The minimum atomic E-state index is -0.0437. The molecule has 0 saturated heterocycles. The van der Waals surface area contributed by atoms with Gasteiger partial charge in [-0.05, 0) is 32.3 Å². The summed E-state index contributed by atoms with van der Waals surface area (Å²) in [5, 5.41) is 3.58. The SMILES string of the molecule is CCOC(=O)C1CCCC1N[C@@H](C)c1ccccc1.Cl. The van der Waals surface area contributed by atoms with Gasteiger partial charge in [-0.3, -0.25) is 4.79 Å². The van der Waals surface area contributed by atoms with Crippen molar-refractivity contribution in [2.75, 3.05) is 6.61 Å². The van der Waals surface area contributed by atoms with Crippen LogP contribution in [0.1, 0.15) is 44.7 Å². The first-order valence-electron chi connectivity index (χ1n) is 7.20. The van der Waals surface area contributed by atoms with Crippen LogP contribution in [-0.2, 0) is 9.53 Å². The molecule has 1 fully saturated rings. The Balaban J connectivity index is 0.00000200. The molecule has 3 nitrogen and oxygen atoms in total. The molecule has 0 heterocycles. The van der Waals surface area contributed by atoms with Gasteiger partial charge in [-0.1, -0.05) is 36.8 Å². The molecule has 3 atom stereocenters. The molecule has 4 heteroatoms. The molecule has 1 saturated carbocycles. The van der Waals surface area contributed by atoms with Gasteiger partial charge in [-0.2, -0.15) is 0 Å². The van der Waals surface area contributed by atoms with Crippen LogP contribution in [0.2, 0.25) is 0 Å². The maximum Gasteiger partial charge on any atom is 0.310 e. The summed E-state index contributed by atoms with van der Waals surface area (Å²) >= 11 is 0. The molecule has 1 aromatic rings. The number of rotatable bonds is 5. The topological polar surface area (TPSA) is 38.3 Å². The van der Waals surface area contributed by atoms with Crippen LogP contribution in [-0.4, -0.2) is 18.6 Å². The lowest BCUT2D eigenvalue weighted by atomic mass is 10.0. The van der Waals surface area contributed by atoms with E-state index in [0.29, 0.717) is 6.61 Å². The van der Waals surface area contributed by atoms with Crippen molar-refractivity contribution in [1.29, 1.82) is 0 Å². The predicted octanol–water partition coefficient (Wildman–Crippen LogP) is 3.49. The van der Waals surface area contributed by atoms with Crippen LogP contribution in [0.3, 0.4) is 0 Å². The quantitative estimate of drug-likeness (QED) is 0.846. The summed E-state index contributed by atoms with van der Waals surface area (Å²) in [4.78, 5) is 11.9. The van der Waals surface area contributed by atoms with Gasteiger partial charge in [0.2, 0.25) is 0 Å². The van der Waals surface area contributed by atoms with E-state index in [1.807, 2.05) is 25.1 Å². The van der Waals surface area contributed by atoms with E-state index < -0.39 is 0 Å². The minimum Gasteiger partial charge on any atom is -0.466 e. The molecule has 0 spiro atoms. The minimum absolute atomic E-state index is 0. The van der Waals surface area contributed by atoms with Gasteiger partial charge < -0.3 is 10.1 Å². The number of carbonyl (C=O) groups excluding carboxylic acids is 1. The van der Waals surface area contributed by atoms with Crippen molar-refractivity contribution in [2.45, 2.75) is 45.2 Å². The van der Waals surface area contributed by atoms with Crippen LogP contribution in [0.15, 0.2) is 30.3 Å². The highest BCUT2D eigenvalue weighted by atomic mass is 35.5. The fraction of sp³-hybridized carbons (Fsp3) is 0.562. The summed E-state index contributed by atoms with van der Waals surface area (Å²) in [6.07, 6.45) is 3.10. The highest BCUT2D eigenvalue weighted by molar-refractivity contribution is 5.85. The van der Waals surface area contributed by atoms with E-state index in [1.165, 1.54) is 5.56 Å². The standard InChI is InChI=1S/C16H23NO2.ClH/c1-3-19-16(18)14-10-7-11-15(14)17-12(2)13-8-5-4-6-9-13;/h4-6,8-9,12,14-15,17H,3,7,10-11H2,1-2H3;1H/t12-,14?,15?;/m0./s1. The van der Waals surface area contributed by atoms with E-state index in [4.69, 9.17) is 4.74 Å². The van der Waals surface area contributed by atoms with Crippen molar-refractivity contribution >= 4 is 18.4 Å². The van der Waals surface area contributed by atoms with Gasteiger partial charge in [0, 0.05) is 12.1 Å². The number of nitrogens with one attached hydrogen (secondary N) is 1. The highest BCUT2D eigenvalue weighted by Crippen LogP contribution is 2.29. The lowest BCUT2D eigenvalue weighted by Crippen LogP contribution is -2.38.